The number of hydrogen-bond acceptors (Lipinski definition) is 6. The maximum Gasteiger partial charge on any atom is 0.417 e. The van der Waals surface area contributed by atoms with Crippen LogP contribution in [0.3, 0.4) is 0 Å². The fraction of sp³-hybridized carbons (Fsp3) is 0.667. The van der Waals surface area contributed by atoms with Crippen LogP contribution in [0.2, 0.25) is 0 Å². The summed E-state index contributed by atoms with van der Waals surface area (Å²) < 4.78 is 8.69. The number of hydrogen-bond donors (Lipinski definition) is 1. The Bertz CT molecular complexity index is 199. The first-order valence-corrected chi connectivity index (χ1v) is 4.52. The van der Waals surface area contributed by atoms with Crippen molar-refractivity contribution < 1.29 is 23.9 Å². The lowest BCUT2D eigenvalue weighted by Gasteiger charge is -1.99. The zero-order chi connectivity index (χ0) is 12.3. The molecule has 0 fully saturated rings. The molecule has 0 aromatic carbocycles. The first-order chi connectivity index (χ1) is 6.99. The van der Waals surface area contributed by atoms with Crippen molar-refractivity contribution in [2.24, 2.45) is 5.73 Å². The predicted molar refractivity (Wildman–Crippen MR) is 53.0 cm³/mol. The fourth-order valence-electron chi connectivity index (χ4n) is 0.380. The molecule has 88 valence electrons. The molecule has 0 atom stereocenters. The smallest absolute Gasteiger partial charge is 0.417 e. The van der Waals surface area contributed by atoms with Gasteiger partial charge in [0, 0.05) is 0 Å². The van der Waals surface area contributed by atoms with E-state index >= 15 is 0 Å². The summed E-state index contributed by atoms with van der Waals surface area (Å²) in [7, 11) is 0. The van der Waals surface area contributed by atoms with Crippen molar-refractivity contribution >= 4 is 17.7 Å². The number of carbonyl (C=O) groups excluding carboxylic acids is 3. The third-order valence-corrected chi connectivity index (χ3v) is 1.00. The maximum atomic E-state index is 10.4. The number of nitrogens with two attached hydrogens (primary N) is 1. The summed E-state index contributed by atoms with van der Waals surface area (Å²) in [5.41, 5.74) is 4.82. The zero-order valence-corrected chi connectivity index (χ0v) is 9.24. The fourth-order valence-corrected chi connectivity index (χ4v) is 0.380. The molecule has 6 nitrogen and oxygen atoms in total. The van der Waals surface area contributed by atoms with Gasteiger partial charge in [-0.15, -0.1) is 0 Å². The number of ketones is 1. The van der Waals surface area contributed by atoms with E-state index in [0.29, 0.717) is 0 Å². The van der Waals surface area contributed by atoms with Gasteiger partial charge in [-0.2, -0.15) is 0 Å². The molecule has 0 heterocycles. The van der Waals surface area contributed by atoms with Gasteiger partial charge in [-0.05, 0) is 20.8 Å². The Kier molecular flexibility index (Phi) is 11.4. The van der Waals surface area contributed by atoms with Crippen molar-refractivity contribution in [3.63, 3.8) is 0 Å². The van der Waals surface area contributed by atoms with E-state index < -0.39 is 11.9 Å². The molecule has 0 bridgehead atoms. The largest absolute Gasteiger partial charge is 0.458 e. The SMILES string of the molecule is CC(=O)CN.CCOC(=O)C(=O)OCC. The zero-order valence-electron chi connectivity index (χ0n) is 9.24. The summed E-state index contributed by atoms with van der Waals surface area (Å²) >= 11 is 0. The molecule has 0 saturated carbocycles. The lowest BCUT2D eigenvalue weighted by molar-refractivity contribution is -0.167. The highest BCUT2D eigenvalue weighted by atomic mass is 16.6. The lowest BCUT2D eigenvalue weighted by atomic mass is 10.5. The van der Waals surface area contributed by atoms with Crippen LogP contribution in [0.25, 0.3) is 0 Å². The molecule has 0 amide bonds. The number of ether oxygens (including phenoxy) is 2. The first-order valence-electron chi connectivity index (χ1n) is 4.52. The maximum absolute atomic E-state index is 10.4. The lowest BCUT2D eigenvalue weighted by Crippen LogP contribution is -2.19. The summed E-state index contributed by atoms with van der Waals surface area (Å²) in [6.07, 6.45) is 0. The number of Topliss-reactive ketones (excluding diaryl/α,β-unsaturated/α-hetero) is 1. The monoisotopic (exact) mass is 219 g/mol. The Morgan fingerprint density at radius 1 is 1.00 bits per heavy atom. The van der Waals surface area contributed by atoms with Gasteiger partial charge in [-0.1, -0.05) is 0 Å². The van der Waals surface area contributed by atoms with Crippen LogP contribution in [0.15, 0.2) is 0 Å². The van der Waals surface area contributed by atoms with Crippen molar-refractivity contribution in [2.45, 2.75) is 20.8 Å². The van der Waals surface area contributed by atoms with Crippen LogP contribution in [-0.4, -0.2) is 37.5 Å². The van der Waals surface area contributed by atoms with Crippen LogP contribution in [0.4, 0.5) is 0 Å². The van der Waals surface area contributed by atoms with Gasteiger partial charge in [0.1, 0.15) is 5.78 Å². The molecule has 0 aliphatic heterocycles. The van der Waals surface area contributed by atoms with Crippen molar-refractivity contribution in [1.82, 2.24) is 0 Å². The molecule has 0 unspecified atom stereocenters. The average molecular weight is 219 g/mol. The number of carbonyl (C=O) groups is 3. The molecular formula is C9H17NO5. The molecule has 0 radical (unpaired) electrons. The van der Waals surface area contributed by atoms with E-state index in [4.69, 9.17) is 5.73 Å². The number of esters is 2. The van der Waals surface area contributed by atoms with Gasteiger partial charge < -0.3 is 15.2 Å². The van der Waals surface area contributed by atoms with Gasteiger partial charge in [0.05, 0.1) is 19.8 Å². The van der Waals surface area contributed by atoms with E-state index in [1.165, 1.54) is 6.92 Å². The Balaban J connectivity index is 0. The highest BCUT2D eigenvalue weighted by molar-refractivity contribution is 6.29. The highest BCUT2D eigenvalue weighted by Gasteiger charge is 2.14. The molecule has 0 aromatic heterocycles. The predicted octanol–water partition coefficient (Wildman–Crippen LogP) is -0.353. The second kappa shape index (κ2) is 10.6. The normalized spacial score (nSPS) is 8.27. The third-order valence-electron chi connectivity index (χ3n) is 1.00. The molecule has 6 heteroatoms. The van der Waals surface area contributed by atoms with Crippen LogP contribution in [0.1, 0.15) is 20.8 Å². The van der Waals surface area contributed by atoms with Gasteiger partial charge in [-0.25, -0.2) is 9.59 Å². The standard InChI is InChI=1S/C6H10O4.C3H7NO/c1-3-9-5(7)6(8)10-4-2;1-3(5)2-4/h3-4H2,1-2H3;2,4H2,1H3. The minimum atomic E-state index is -0.927. The summed E-state index contributed by atoms with van der Waals surface area (Å²) in [6, 6.07) is 0. The van der Waals surface area contributed by atoms with E-state index in [0.717, 1.165) is 0 Å². The minimum absolute atomic E-state index is 0.0324. The van der Waals surface area contributed by atoms with Crippen molar-refractivity contribution in [3.8, 4) is 0 Å². The summed E-state index contributed by atoms with van der Waals surface area (Å²) in [5, 5.41) is 0. The van der Waals surface area contributed by atoms with Gasteiger partial charge in [-0.3, -0.25) is 4.79 Å². The third kappa shape index (κ3) is 12.6. The van der Waals surface area contributed by atoms with E-state index in [1.807, 2.05) is 0 Å². The highest BCUT2D eigenvalue weighted by Crippen LogP contribution is 1.82. The summed E-state index contributed by atoms with van der Waals surface area (Å²) in [4.78, 5) is 30.6. The Morgan fingerprint density at radius 2 is 1.27 bits per heavy atom. The quantitative estimate of drug-likeness (QED) is 0.514. The summed E-state index contributed by atoms with van der Waals surface area (Å²) in [6.45, 7) is 5.25. The summed E-state index contributed by atoms with van der Waals surface area (Å²) in [5.74, 6) is -1.82. The molecule has 15 heavy (non-hydrogen) atoms. The van der Waals surface area contributed by atoms with Crippen LogP contribution in [-0.2, 0) is 23.9 Å². The van der Waals surface area contributed by atoms with Crippen LogP contribution >= 0.6 is 0 Å². The number of rotatable bonds is 3. The van der Waals surface area contributed by atoms with Gasteiger partial charge >= 0.3 is 11.9 Å². The van der Waals surface area contributed by atoms with Gasteiger partial charge in [0.2, 0.25) is 0 Å². The topological polar surface area (TPSA) is 95.7 Å². The van der Waals surface area contributed by atoms with Crippen LogP contribution in [0, 0.1) is 0 Å². The Morgan fingerprint density at radius 3 is 1.40 bits per heavy atom. The molecule has 0 aliphatic rings. The second-order valence-corrected chi connectivity index (χ2v) is 2.35. The first kappa shape index (κ1) is 16.0. The van der Waals surface area contributed by atoms with E-state index in [2.05, 4.69) is 9.47 Å². The molecule has 0 saturated heterocycles. The Hall–Kier alpha value is -1.43. The Labute approximate surface area is 88.7 Å². The van der Waals surface area contributed by atoms with E-state index in [1.54, 1.807) is 13.8 Å². The van der Waals surface area contributed by atoms with E-state index in [9.17, 15) is 14.4 Å². The van der Waals surface area contributed by atoms with Crippen molar-refractivity contribution in [2.75, 3.05) is 19.8 Å². The van der Waals surface area contributed by atoms with Gasteiger partial charge in [0.15, 0.2) is 0 Å². The molecule has 0 aromatic rings. The van der Waals surface area contributed by atoms with Gasteiger partial charge in [0.25, 0.3) is 0 Å². The molecule has 0 rings (SSSR count). The average Bonchev–Trinajstić information content (AvgIpc) is 2.19. The second-order valence-electron chi connectivity index (χ2n) is 2.35. The molecule has 2 N–H and O–H groups in total. The van der Waals surface area contributed by atoms with Crippen LogP contribution < -0.4 is 5.73 Å². The molecular weight excluding hydrogens is 202 g/mol. The molecule has 0 spiro atoms. The van der Waals surface area contributed by atoms with Crippen molar-refractivity contribution in [3.05, 3.63) is 0 Å². The van der Waals surface area contributed by atoms with E-state index in [-0.39, 0.29) is 25.5 Å². The van der Waals surface area contributed by atoms with Crippen LogP contribution in [0.5, 0.6) is 0 Å². The van der Waals surface area contributed by atoms with Crippen molar-refractivity contribution in [1.29, 1.82) is 0 Å². The minimum Gasteiger partial charge on any atom is -0.458 e. The molecule has 0 aliphatic carbocycles.